The van der Waals surface area contributed by atoms with Gasteiger partial charge in [0.1, 0.15) is 0 Å². The molecule has 0 bridgehead atoms. The molecule has 0 fully saturated rings. The van der Waals surface area contributed by atoms with Crippen LogP contribution in [0.1, 0.15) is 12.8 Å². The molecule has 0 aromatic carbocycles. The monoisotopic (exact) mass is 162 g/mol. The fourth-order valence-corrected chi connectivity index (χ4v) is 1.61. The molecule has 0 amide bonds. The van der Waals surface area contributed by atoms with E-state index in [-0.39, 0.29) is 0 Å². The van der Waals surface area contributed by atoms with Crippen LogP contribution in [0, 0.1) is 0 Å². The fourth-order valence-electron chi connectivity index (χ4n) is 1.61. The molecule has 0 spiro atoms. The van der Waals surface area contributed by atoms with Crippen LogP contribution in [0.5, 0.6) is 0 Å². The lowest BCUT2D eigenvalue weighted by Crippen LogP contribution is -2.35. The molecule has 2 rings (SSSR count). The molecule has 12 heavy (non-hydrogen) atoms. The van der Waals surface area contributed by atoms with Gasteiger partial charge in [0.25, 0.3) is 0 Å². The van der Waals surface area contributed by atoms with E-state index in [0.717, 1.165) is 0 Å². The normalized spacial score (nSPS) is 21.8. The first-order valence-corrected chi connectivity index (χ1v) is 4.34. The molecule has 1 aliphatic heterocycles. The Morgan fingerprint density at radius 3 is 2.75 bits per heavy atom. The molecular weight excluding hydrogens is 148 g/mol. The van der Waals surface area contributed by atoms with Crippen LogP contribution in [-0.2, 0) is 0 Å². The Hall–Kier alpha value is -1.18. The highest BCUT2D eigenvalue weighted by molar-refractivity contribution is 5.42. The quantitative estimate of drug-likeness (QED) is 0.536. The van der Waals surface area contributed by atoms with Gasteiger partial charge in [-0.2, -0.15) is 0 Å². The van der Waals surface area contributed by atoms with Crippen LogP contribution in [0.25, 0.3) is 0 Å². The third kappa shape index (κ3) is 1.04. The van der Waals surface area contributed by atoms with Gasteiger partial charge in [0.15, 0.2) is 0 Å². The lowest BCUT2D eigenvalue weighted by atomic mass is 10.0. The van der Waals surface area contributed by atoms with Gasteiger partial charge in [-0.05, 0) is 24.5 Å². The molecule has 0 unspecified atom stereocenters. The Morgan fingerprint density at radius 2 is 1.92 bits per heavy atom. The number of hydrazine groups is 1. The zero-order chi connectivity index (χ0) is 8.55. The van der Waals surface area contributed by atoms with Gasteiger partial charge >= 0.3 is 0 Å². The van der Waals surface area contributed by atoms with Gasteiger partial charge in [0, 0.05) is 20.3 Å². The fraction of sp³-hybridized carbons (Fsp3) is 0.400. The van der Waals surface area contributed by atoms with E-state index in [1.165, 1.54) is 24.1 Å². The van der Waals surface area contributed by atoms with Gasteiger partial charge in [0.05, 0.1) is 5.70 Å². The minimum atomic E-state index is 1.17. The zero-order valence-electron chi connectivity index (χ0n) is 7.62. The van der Waals surface area contributed by atoms with Crippen LogP contribution >= 0.6 is 0 Å². The predicted octanol–water partition coefficient (Wildman–Crippen LogP) is 1.90. The summed E-state index contributed by atoms with van der Waals surface area (Å²) in [4.78, 5) is 0. The largest absolute Gasteiger partial charge is 0.296 e. The lowest BCUT2D eigenvalue weighted by molar-refractivity contribution is 0.123. The van der Waals surface area contributed by atoms with Crippen molar-refractivity contribution in [1.29, 1.82) is 0 Å². The second kappa shape index (κ2) is 2.70. The Balaban J connectivity index is 2.37. The topological polar surface area (TPSA) is 6.48 Å². The summed E-state index contributed by atoms with van der Waals surface area (Å²) in [5.41, 5.74) is 2.70. The summed E-state index contributed by atoms with van der Waals surface area (Å²) in [6.45, 7) is 0. The van der Waals surface area contributed by atoms with Crippen LogP contribution in [0.4, 0.5) is 0 Å². The van der Waals surface area contributed by atoms with Gasteiger partial charge in [-0.15, -0.1) is 0 Å². The molecule has 1 heterocycles. The Labute approximate surface area is 73.4 Å². The number of allylic oxidation sites excluding steroid dienone is 3. The second-order valence-corrected chi connectivity index (χ2v) is 3.24. The summed E-state index contributed by atoms with van der Waals surface area (Å²) >= 11 is 0. The predicted molar refractivity (Wildman–Crippen MR) is 50.1 cm³/mol. The maximum absolute atomic E-state index is 2.30. The Kier molecular flexibility index (Phi) is 1.68. The van der Waals surface area contributed by atoms with E-state index in [4.69, 9.17) is 0 Å². The summed E-state index contributed by atoms with van der Waals surface area (Å²) < 4.78 is 0. The van der Waals surface area contributed by atoms with Gasteiger partial charge in [-0.25, -0.2) is 0 Å². The standard InChI is InChI=1S/C10H14N2/c1-11-8-7-9-5-3-4-6-10(9)12(11)2/h5-8H,3-4H2,1-2H3. The molecule has 0 aromatic rings. The van der Waals surface area contributed by atoms with Crippen LogP contribution in [0.15, 0.2) is 35.7 Å². The van der Waals surface area contributed by atoms with Crippen LogP contribution in [0.3, 0.4) is 0 Å². The third-order valence-electron chi connectivity index (χ3n) is 2.46. The number of hydrogen-bond donors (Lipinski definition) is 0. The highest BCUT2D eigenvalue weighted by Gasteiger charge is 2.16. The van der Waals surface area contributed by atoms with E-state index in [2.05, 4.69) is 48.5 Å². The van der Waals surface area contributed by atoms with E-state index in [9.17, 15) is 0 Å². The third-order valence-corrected chi connectivity index (χ3v) is 2.46. The van der Waals surface area contributed by atoms with Crippen LogP contribution in [0.2, 0.25) is 0 Å². The summed E-state index contributed by atoms with van der Waals surface area (Å²) in [6.07, 6.45) is 11.2. The number of fused-ring (bicyclic) bond motifs is 1. The van der Waals surface area contributed by atoms with Crippen molar-refractivity contribution in [3.05, 3.63) is 35.7 Å². The van der Waals surface area contributed by atoms with E-state index in [0.29, 0.717) is 0 Å². The van der Waals surface area contributed by atoms with Gasteiger partial charge < -0.3 is 0 Å². The summed E-state index contributed by atoms with van der Waals surface area (Å²) in [5.74, 6) is 0. The summed E-state index contributed by atoms with van der Waals surface area (Å²) in [7, 11) is 4.15. The molecule has 0 saturated carbocycles. The molecule has 0 saturated heterocycles. The van der Waals surface area contributed by atoms with Crippen molar-refractivity contribution in [3.8, 4) is 0 Å². The first kappa shape index (κ1) is 7.47. The van der Waals surface area contributed by atoms with Crippen molar-refractivity contribution in [2.24, 2.45) is 0 Å². The van der Waals surface area contributed by atoms with E-state index < -0.39 is 0 Å². The van der Waals surface area contributed by atoms with Crippen molar-refractivity contribution in [2.75, 3.05) is 14.1 Å². The number of likely N-dealkylation sites (N-methyl/N-ethyl adjacent to an activating group) is 1. The van der Waals surface area contributed by atoms with E-state index in [1.807, 2.05) is 0 Å². The highest BCUT2D eigenvalue weighted by Crippen LogP contribution is 2.26. The maximum atomic E-state index is 2.30. The number of nitrogens with zero attached hydrogens (tertiary/aromatic N) is 2. The SMILES string of the molecule is CN1C=CC2=CCCC=C2N1C. The molecule has 2 nitrogen and oxygen atoms in total. The van der Waals surface area contributed by atoms with Crippen molar-refractivity contribution in [2.45, 2.75) is 12.8 Å². The molecule has 0 N–H and O–H groups in total. The highest BCUT2D eigenvalue weighted by atomic mass is 15.6. The van der Waals surface area contributed by atoms with Crippen molar-refractivity contribution in [3.63, 3.8) is 0 Å². The molecule has 0 aromatic heterocycles. The average Bonchev–Trinajstić information content (AvgIpc) is 2.12. The first-order chi connectivity index (χ1) is 5.79. The summed E-state index contributed by atoms with van der Waals surface area (Å²) in [6, 6.07) is 0. The Bertz CT molecular complexity index is 274. The van der Waals surface area contributed by atoms with Crippen molar-refractivity contribution < 1.29 is 0 Å². The molecule has 2 heteroatoms. The Morgan fingerprint density at radius 1 is 1.17 bits per heavy atom. The maximum Gasteiger partial charge on any atom is 0.0600 e. The molecule has 64 valence electrons. The smallest absolute Gasteiger partial charge is 0.0600 e. The van der Waals surface area contributed by atoms with Gasteiger partial charge in [-0.3, -0.25) is 10.0 Å². The van der Waals surface area contributed by atoms with E-state index in [1.54, 1.807) is 0 Å². The van der Waals surface area contributed by atoms with Gasteiger partial charge in [-0.1, -0.05) is 12.2 Å². The minimum Gasteiger partial charge on any atom is -0.296 e. The average molecular weight is 162 g/mol. The minimum absolute atomic E-state index is 1.17. The second-order valence-electron chi connectivity index (χ2n) is 3.24. The van der Waals surface area contributed by atoms with Gasteiger partial charge in [0.2, 0.25) is 0 Å². The number of hydrogen-bond acceptors (Lipinski definition) is 2. The molecule has 1 aliphatic carbocycles. The van der Waals surface area contributed by atoms with E-state index >= 15 is 0 Å². The van der Waals surface area contributed by atoms with Crippen LogP contribution < -0.4 is 0 Å². The first-order valence-electron chi connectivity index (χ1n) is 4.34. The lowest BCUT2D eigenvalue weighted by Gasteiger charge is -2.36. The zero-order valence-corrected chi connectivity index (χ0v) is 7.62. The molecule has 0 radical (unpaired) electrons. The van der Waals surface area contributed by atoms with Crippen molar-refractivity contribution in [1.82, 2.24) is 10.0 Å². The molecule has 0 atom stereocenters. The molecule has 2 aliphatic rings. The van der Waals surface area contributed by atoms with Crippen LogP contribution in [-0.4, -0.2) is 24.1 Å². The molecular formula is C10H14N2. The number of rotatable bonds is 0. The summed E-state index contributed by atoms with van der Waals surface area (Å²) in [5, 5.41) is 4.26. The van der Waals surface area contributed by atoms with Crippen molar-refractivity contribution >= 4 is 0 Å².